The van der Waals surface area contributed by atoms with E-state index in [1.165, 1.54) is 11.3 Å². The standard InChI is InChI=1S/C16H21ClN4S/c1-5-21-12(4)13(11(3)20-21)9-18-16(22)19-15-8-6-7-14(17)10(15)2/h6-8H,5,9H2,1-4H3,(H2,18,19,22). The zero-order valence-electron chi connectivity index (χ0n) is 13.3. The molecule has 22 heavy (non-hydrogen) atoms. The number of thiocarbonyl (C=S) groups is 1. The summed E-state index contributed by atoms with van der Waals surface area (Å²) in [5.74, 6) is 0. The van der Waals surface area contributed by atoms with E-state index in [0.29, 0.717) is 11.7 Å². The molecule has 0 radical (unpaired) electrons. The van der Waals surface area contributed by atoms with Crippen LogP contribution in [0, 0.1) is 20.8 Å². The van der Waals surface area contributed by atoms with Crippen molar-refractivity contribution in [1.82, 2.24) is 15.1 Å². The molecule has 1 heterocycles. The summed E-state index contributed by atoms with van der Waals surface area (Å²) >= 11 is 11.5. The van der Waals surface area contributed by atoms with Gasteiger partial charge >= 0.3 is 0 Å². The first-order valence-corrected chi connectivity index (χ1v) is 8.05. The Hall–Kier alpha value is -1.59. The Kier molecular flexibility index (Phi) is 5.42. The van der Waals surface area contributed by atoms with E-state index in [1.807, 2.05) is 36.7 Å². The minimum absolute atomic E-state index is 0.577. The smallest absolute Gasteiger partial charge is 0.171 e. The molecule has 0 fully saturated rings. The zero-order chi connectivity index (χ0) is 16.3. The third-order valence-corrected chi connectivity index (χ3v) is 4.43. The van der Waals surface area contributed by atoms with E-state index in [2.05, 4.69) is 29.6 Å². The van der Waals surface area contributed by atoms with Crippen molar-refractivity contribution >= 4 is 34.6 Å². The van der Waals surface area contributed by atoms with Crippen molar-refractivity contribution in [3.05, 3.63) is 45.7 Å². The number of halogens is 1. The number of nitrogens with one attached hydrogen (secondary N) is 2. The summed E-state index contributed by atoms with van der Waals surface area (Å²) in [5, 5.41) is 12.2. The lowest BCUT2D eigenvalue weighted by Gasteiger charge is -2.13. The molecule has 0 bridgehead atoms. The second-order valence-electron chi connectivity index (χ2n) is 5.19. The third-order valence-electron chi connectivity index (χ3n) is 3.77. The van der Waals surface area contributed by atoms with Crippen molar-refractivity contribution in [2.24, 2.45) is 0 Å². The number of hydrogen-bond acceptors (Lipinski definition) is 2. The molecule has 2 aromatic rings. The fourth-order valence-electron chi connectivity index (χ4n) is 2.38. The van der Waals surface area contributed by atoms with Crippen LogP contribution in [0.15, 0.2) is 18.2 Å². The van der Waals surface area contributed by atoms with Crippen LogP contribution in [0.4, 0.5) is 5.69 Å². The highest BCUT2D eigenvalue weighted by Crippen LogP contribution is 2.22. The van der Waals surface area contributed by atoms with E-state index < -0.39 is 0 Å². The number of nitrogens with zero attached hydrogens (tertiary/aromatic N) is 2. The molecule has 118 valence electrons. The number of anilines is 1. The average molecular weight is 337 g/mol. The molecule has 0 saturated heterocycles. The first kappa shape index (κ1) is 16.8. The van der Waals surface area contributed by atoms with E-state index >= 15 is 0 Å². The van der Waals surface area contributed by atoms with Gasteiger partial charge in [0.2, 0.25) is 0 Å². The number of aromatic nitrogens is 2. The molecule has 6 heteroatoms. The van der Waals surface area contributed by atoms with Crippen molar-refractivity contribution in [2.75, 3.05) is 5.32 Å². The fraction of sp³-hybridized carbons (Fsp3) is 0.375. The van der Waals surface area contributed by atoms with E-state index in [-0.39, 0.29) is 0 Å². The summed E-state index contributed by atoms with van der Waals surface area (Å²) in [7, 11) is 0. The van der Waals surface area contributed by atoms with Crippen LogP contribution in [0.5, 0.6) is 0 Å². The van der Waals surface area contributed by atoms with Gasteiger partial charge < -0.3 is 10.6 Å². The van der Waals surface area contributed by atoms with Gasteiger partial charge in [0, 0.05) is 35.1 Å². The number of rotatable bonds is 4. The second-order valence-corrected chi connectivity index (χ2v) is 6.00. The molecule has 2 rings (SSSR count). The highest BCUT2D eigenvalue weighted by atomic mass is 35.5. The van der Waals surface area contributed by atoms with Gasteiger partial charge in [0.25, 0.3) is 0 Å². The summed E-state index contributed by atoms with van der Waals surface area (Å²) < 4.78 is 2.00. The molecule has 0 aliphatic heterocycles. The fourth-order valence-corrected chi connectivity index (χ4v) is 2.73. The Bertz CT molecular complexity index is 694. The molecule has 4 nitrogen and oxygen atoms in total. The summed E-state index contributed by atoms with van der Waals surface area (Å²) in [4.78, 5) is 0. The highest BCUT2D eigenvalue weighted by Gasteiger charge is 2.11. The van der Waals surface area contributed by atoms with Crippen LogP contribution in [0.1, 0.15) is 29.4 Å². The second kappa shape index (κ2) is 7.11. The Morgan fingerprint density at radius 3 is 2.68 bits per heavy atom. The molecule has 0 aliphatic rings. The van der Waals surface area contributed by atoms with Crippen molar-refractivity contribution in [3.63, 3.8) is 0 Å². The quantitative estimate of drug-likeness (QED) is 0.829. The lowest BCUT2D eigenvalue weighted by atomic mass is 10.2. The van der Waals surface area contributed by atoms with Crippen LogP contribution in [-0.4, -0.2) is 14.9 Å². The van der Waals surface area contributed by atoms with E-state index in [0.717, 1.165) is 28.5 Å². The lowest BCUT2D eigenvalue weighted by molar-refractivity contribution is 0.633. The number of benzene rings is 1. The Balaban J connectivity index is 2.02. The van der Waals surface area contributed by atoms with Crippen LogP contribution < -0.4 is 10.6 Å². The number of hydrogen-bond donors (Lipinski definition) is 2. The Labute approximate surface area is 141 Å². The van der Waals surface area contributed by atoms with Gasteiger partial charge in [0.05, 0.1) is 5.69 Å². The van der Waals surface area contributed by atoms with Crippen LogP contribution >= 0.6 is 23.8 Å². The normalized spacial score (nSPS) is 10.6. The predicted octanol–water partition coefficient (Wildman–Crippen LogP) is 3.97. The SMILES string of the molecule is CCn1nc(C)c(CNC(=S)Nc2cccc(Cl)c2C)c1C. The van der Waals surface area contributed by atoms with Gasteiger partial charge in [-0.15, -0.1) is 0 Å². The Morgan fingerprint density at radius 2 is 2.05 bits per heavy atom. The van der Waals surface area contributed by atoms with Crippen molar-refractivity contribution in [3.8, 4) is 0 Å². The van der Waals surface area contributed by atoms with Gasteiger partial charge in [0.15, 0.2) is 5.11 Å². The van der Waals surface area contributed by atoms with Gasteiger partial charge in [-0.1, -0.05) is 17.7 Å². The molecule has 1 aromatic heterocycles. The molecule has 0 saturated carbocycles. The number of aryl methyl sites for hydroxylation is 2. The molecule has 1 aromatic carbocycles. The first-order valence-electron chi connectivity index (χ1n) is 7.26. The van der Waals surface area contributed by atoms with Crippen molar-refractivity contribution < 1.29 is 0 Å². The molecule has 0 aliphatic carbocycles. The zero-order valence-corrected chi connectivity index (χ0v) is 14.9. The average Bonchev–Trinajstić information content (AvgIpc) is 2.76. The molecular formula is C16H21ClN4S. The minimum atomic E-state index is 0.577. The molecule has 0 amide bonds. The van der Waals surface area contributed by atoms with Crippen LogP contribution in [0.25, 0.3) is 0 Å². The summed E-state index contributed by atoms with van der Waals surface area (Å²) in [6.45, 7) is 9.68. The topological polar surface area (TPSA) is 41.9 Å². The molecule has 0 spiro atoms. The van der Waals surface area contributed by atoms with Crippen LogP contribution in [0.3, 0.4) is 0 Å². The maximum Gasteiger partial charge on any atom is 0.171 e. The maximum atomic E-state index is 6.12. The molecule has 0 unspecified atom stereocenters. The summed E-state index contributed by atoms with van der Waals surface area (Å²) in [5.41, 5.74) is 5.30. The van der Waals surface area contributed by atoms with Gasteiger partial charge in [-0.2, -0.15) is 5.10 Å². The maximum absolute atomic E-state index is 6.12. The third kappa shape index (κ3) is 3.59. The summed E-state index contributed by atoms with van der Waals surface area (Å²) in [6.07, 6.45) is 0. The van der Waals surface area contributed by atoms with E-state index in [9.17, 15) is 0 Å². The van der Waals surface area contributed by atoms with Gasteiger partial charge in [-0.25, -0.2) is 0 Å². The van der Waals surface area contributed by atoms with Crippen molar-refractivity contribution in [1.29, 1.82) is 0 Å². The van der Waals surface area contributed by atoms with Crippen molar-refractivity contribution in [2.45, 2.75) is 40.8 Å². The van der Waals surface area contributed by atoms with Gasteiger partial charge in [-0.3, -0.25) is 4.68 Å². The Morgan fingerprint density at radius 1 is 1.32 bits per heavy atom. The predicted molar refractivity (Wildman–Crippen MR) is 96.6 cm³/mol. The molecule has 2 N–H and O–H groups in total. The highest BCUT2D eigenvalue weighted by molar-refractivity contribution is 7.80. The lowest BCUT2D eigenvalue weighted by Crippen LogP contribution is -2.28. The molecule has 0 atom stereocenters. The monoisotopic (exact) mass is 336 g/mol. The van der Waals surface area contributed by atoms with Crippen LogP contribution in [-0.2, 0) is 13.1 Å². The van der Waals surface area contributed by atoms with Crippen LogP contribution in [0.2, 0.25) is 5.02 Å². The van der Waals surface area contributed by atoms with E-state index in [1.54, 1.807) is 0 Å². The van der Waals surface area contributed by atoms with E-state index in [4.69, 9.17) is 23.8 Å². The first-order chi connectivity index (χ1) is 10.4. The summed E-state index contributed by atoms with van der Waals surface area (Å²) in [6, 6.07) is 5.73. The minimum Gasteiger partial charge on any atom is -0.358 e. The van der Waals surface area contributed by atoms with Gasteiger partial charge in [0.1, 0.15) is 0 Å². The largest absolute Gasteiger partial charge is 0.358 e. The molecular weight excluding hydrogens is 316 g/mol. The van der Waals surface area contributed by atoms with Gasteiger partial charge in [-0.05, 0) is 57.6 Å².